The van der Waals surface area contributed by atoms with Crippen molar-refractivity contribution in [2.75, 3.05) is 23.3 Å². The Balaban J connectivity index is 1.79. The number of nitrogens with zero attached hydrogens (tertiary/aromatic N) is 3. The fraction of sp³-hybridized carbons (Fsp3) is 0.286. The molecule has 1 fully saturated rings. The predicted octanol–water partition coefficient (Wildman–Crippen LogP) is 3.47. The first kappa shape index (κ1) is 12.2. The summed E-state index contributed by atoms with van der Waals surface area (Å²) in [6.45, 7) is 2.15. The maximum Gasteiger partial charge on any atom is 0.135 e. The van der Waals surface area contributed by atoms with E-state index in [1.807, 2.05) is 30.3 Å². The van der Waals surface area contributed by atoms with Gasteiger partial charge in [-0.1, -0.05) is 17.7 Å². The molecule has 98 valence electrons. The number of benzene rings is 1. The molecule has 0 unspecified atom stereocenters. The van der Waals surface area contributed by atoms with Crippen molar-refractivity contribution in [2.45, 2.75) is 12.8 Å². The van der Waals surface area contributed by atoms with Gasteiger partial charge in [0.15, 0.2) is 0 Å². The number of halogens is 1. The molecule has 0 spiro atoms. The molecule has 1 aliphatic rings. The fourth-order valence-corrected chi connectivity index (χ4v) is 2.44. The molecule has 1 aliphatic heterocycles. The number of hydrogen-bond acceptors (Lipinski definition) is 4. The van der Waals surface area contributed by atoms with Crippen molar-refractivity contribution in [1.29, 1.82) is 0 Å². The number of rotatable bonds is 3. The monoisotopic (exact) mass is 274 g/mol. The zero-order valence-electron chi connectivity index (χ0n) is 10.5. The van der Waals surface area contributed by atoms with Crippen LogP contribution in [0.2, 0.25) is 5.02 Å². The Morgan fingerprint density at radius 2 is 1.95 bits per heavy atom. The van der Waals surface area contributed by atoms with Crippen molar-refractivity contribution in [3.05, 3.63) is 41.7 Å². The molecule has 0 aliphatic carbocycles. The van der Waals surface area contributed by atoms with Crippen LogP contribution in [-0.4, -0.2) is 23.1 Å². The normalized spacial score (nSPS) is 14.7. The summed E-state index contributed by atoms with van der Waals surface area (Å²) in [6, 6.07) is 9.57. The lowest BCUT2D eigenvalue weighted by atomic mass is 10.3. The third-order valence-electron chi connectivity index (χ3n) is 3.18. The van der Waals surface area contributed by atoms with Gasteiger partial charge in [-0.3, -0.25) is 0 Å². The molecule has 0 radical (unpaired) electrons. The lowest BCUT2D eigenvalue weighted by Crippen LogP contribution is -2.19. The van der Waals surface area contributed by atoms with Gasteiger partial charge in [-0.15, -0.1) is 0 Å². The van der Waals surface area contributed by atoms with E-state index in [-0.39, 0.29) is 0 Å². The van der Waals surface area contributed by atoms with Gasteiger partial charge in [0, 0.05) is 29.9 Å². The molecule has 1 aromatic heterocycles. The Morgan fingerprint density at radius 1 is 1.11 bits per heavy atom. The first-order chi connectivity index (χ1) is 9.31. The van der Waals surface area contributed by atoms with E-state index in [1.165, 1.54) is 12.8 Å². The van der Waals surface area contributed by atoms with Crippen LogP contribution in [0.5, 0.6) is 0 Å². The van der Waals surface area contributed by atoms with E-state index in [0.717, 1.165) is 30.4 Å². The molecule has 1 N–H and O–H groups in total. The van der Waals surface area contributed by atoms with Crippen LogP contribution in [-0.2, 0) is 0 Å². The van der Waals surface area contributed by atoms with Gasteiger partial charge in [-0.2, -0.15) is 0 Å². The van der Waals surface area contributed by atoms with Crippen LogP contribution in [0.1, 0.15) is 12.8 Å². The van der Waals surface area contributed by atoms with Crippen molar-refractivity contribution in [1.82, 2.24) is 9.97 Å². The number of aromatic nitrogens is 2. The quantitative estimate of drug-likeness (QED) is 0.930. The summed E-state index contributed by atoms with van der Waals surface area (Å²) in [4.78, 5) is 10.9. The van der Waals surface area contributed by atoms with Crippen LogP contribution < -0.4 is 10.2 Å². The fourth-order valence-electron chi connectivity index (χ4n) is 2.25. The molecule has 19 heavy (non-hydrogen) atoms. The Labute approximate surface area is 117 Å². The Bertz CT molecular complexity index is 567. The first-order valence-electron chi connectivity index (χ1n) is 6.41. The van der Waals surface area contributed by atoms with Crippen LogP contribution in [0.25, 0.3) is 0 Å². The molecular weight excluding hydrogens is 260 g/mol. The molecular formula is C14H15ClN4. The number of nitrogens with one attached hydrogen (secondary N) is 1. The minimum atomic E-state index is 0.707. The van der Waals surface area contributed by atoms with Crippen LogP contribution in [0.3, 0.4) is 0 Å². The van der Waals surface area contributed by atoms with Gasteiger partial charge < -0.3 is 10.2 Å². The highest BCUT2D eigenvalue weighted by molar-refractivity contribution is 6.30. The van der Waals surface area contributed by atoms with E-state index in [0.29, 0.717) is 5.02 Å². The molecule has 2 heterocycles. The highest BCUT2D eigenvalue weighted by Crippen LogP contribution is 2.22. The van der Waals surface area contributed by atoms with Crippen molar-refractivity contribution in [3.63, 3.8) is 0 Å². The predicted molar refractivity (Wildman–Crippen MR) is 78.2 cm³/mol. The van der Waals surface area contributed by atoms with Crippen molar-refractivity contribution in [3.8, 4) is 0 Å². The summed E-state index contributed by atoms with van der Waals surface area (Å²) in [6.07, 6.45) is 4.07. The summed E-state index contributed by atoms with van der Waals surface area (Å²) >= 11 is 5.96. The molecule has 1 aromatic carbocycles. The summed E-state index contributed by atoms with van der Waals surface area (Å²) in [5.74, 6) is 1.77. The summed E-state index contributed by atoms with van der Waals surface area (Å²) < 4.78 is 0. The van der Waals surface area contributed by atoms with Crippen molar-refractivity contribution in [2.24, 2.45) is 0 Å². The van der Waals surface area contributed by atoms with Gasteiger partial charge in [0.25, 0.3) is 0 Å². The highest BCUT2D eigenvalue weighted by Gasteiger charge is 2.13. The zero-order valence-corrected chi connectivity index (χ0v) is 11.3. The molecule has 0 atom stereocenters. The van der Waals surface area contributed by atoms with E-state index in [1.54, 1.807) is 6.33 Å². The minimum absolute atomic E-state index is 0.707. The van der Waals surface area contributed by atoms with Gasteiger partial charge in [0.05, 0.1) is 0 Å². The molecule has 4 nitrogen and oxygen atoms in total. The average Bonchev–Trinajstić information content (AvgIpc) is 2.93. The maximum atomic E-state index is 5.96. The van der Waals surface area contributed by atoms with Crippen molar-refractivity contribution < 1.29 is 0 Å². The lowest BCUT2D eigenvalue weighted by molar-refractivity contribution is 0.928. The summed E-state index contributed by atoms with van der Waals surface area (Å²) in [5.41, 5.74) is 0.929. The Morgan fingerprint density at radius 3 is 2.74 bits per heavy atom. The van der Waals surface area contributed by atoms with Gasteiger partial charge in [0.2, 0.25) is 0 Å². The zero-order chi connectivity index (χ0) is 13.1. The maximum absolute atomic E-state index is 5.96. The van der Waals surface area contributed by atoms with Crippen LogP contribution in [0.4, 0.5) is 17.3 Å². The van der Waals surface area contributed by atoms with E-state index in [9.17, 15) is 0 Å². The van der Waals surface area contributed by atoms with E-state index < -0.39 is 0 Å². The van der Waals surface area contributed by atoms with E-state index in [2.05, 4.69) is 20.2 Å². The SMILES string of the molecule is Clc1cccc(Nc2cc(N3CCCC3)ncn2)c1. The molecule has 3 rings (SSSR count). The minimum Gasteiger partial charge on any atom is -0.356 e. The van der Waals surface area contributed by atoms with E-state index >= 15 is 0 Å². The third-order valence-corrected chi connectivity index (χ3v) is 3.41. The molecule has 0 bridgehead atoms. The second-order valence-electron chi connectivity index (χ2n) is 4.59. The van der Waals surface area contributed by atoms with Crippen LogP contribution >= 0.6 is 11.6 Å². The highest BCUT2D eigenvalue weighted by atomic mass is 35.5. The standard InChI is InChI=1S/C14H15ClN4/c15-11-4-3-5-12(8-11)18-13-9-14(17-10-16-13)19-6-1-2-7-19/h3-5,8-10H,1-2,6-7H2,(H,16,17,18). The summed E-state index contributed by atoms with van der Waals surface area (Å²) in [5, 5.41) is 3.95. The van der Waals surface area contributed by atoms with Crippen LogP contribution in [0.15, 0.2) is 36.7 Å². The number of hydrogen-bond donors (Lipinski definition) is 1. The van der Waals surface area contributed by atoms with E-state index in [4.69, 9.17) is 11.6 Å². The first-order valence-corrected chi connectivity index (χ1v) is 6.79. The molecule has 2 aromatic rings. The smallest absolute Gasteiger partial charge is 0.135 e. The second-order valence-corrected chi connectivity index (χ2v) is 5.03. The second kappa shape index (κ2) is 5.45. The lowest BCUT2D eigenvalue weighted by Gasteiger charge is -2.16. The van der Waals surface area contributed by atoms with Gasteiger partial charge in [-0.25, -0.2) is 9.97 Å². The topological polar surface area (TPSA) is 41.0 Å². The molecule has 0 saturated carbocycles. The Kier molecular flexibility index (Phi) is 3.51. The van der Waals surface area contributed by atoms with Crippen LogP contribution in [0, 0.1) is 0 Å². The molecule has 0 amide bonds. The molecule has 5 heteroatoms. The van der Waals surface area contributed by atoms with Gasteiger partial charge in [-0.05, 0) is 31.0 Å². The summed E-state index contributed by atoms with van der Waals surface area (Å²) in [7, 11) is 0. The van der Waals surface area contributed by atoms with Gasteiger partial charge >= 0.3 is 0 Å². The third kappa shape index (κ3) is 2.96. The van der Waals surface area contributed by atoms with Gasteiger partial charge in [0.1, 0.15) is 18.0 Å². The average molecular weight is 275 g/mol. The largest absolute Gasteiger partial charge is 0.356 e. The Hall–Kier alpha value is -1.81. The van der Waals surface area contributed by atoms with Crippen molar-refractivity contribution >= 4 is 28.9 Å². The number of anilines is 3. The molecule has 1 saturated heterocycles.